The van der Waals surface area contributed by atoms with Crippen molar-refractivity contribution < 1.29 is 53.3 Å². The van der Waals surface area contributed by atoms with E-state index in [-0.39, 0.29) is 28.7 Å². The van der Waals surface area contributed by atoms with Gasteiger partial charge in [-0.25, -0.2) is 9.59 Å². The second kappa shape index (κ2) is 13.6. The monoisotopic (exact) mass is 552 g/mol. The largest absolute Gasteiger partial charge is 0.493 e. The Morgan fingerprint density at radius 2 is 1.79 bits per heavy atom. The zero-order valence-electron chi connectivity index (χ0n) is 20.9. The summed E-state index contributed by atoms with van der Waals surface area (Å²) in [7, 11) is 3.94. The van der Waals surface area contributed by atoms with E-state index in [0.717, 1.165) is 11.1 Å². The van der Waals surface area contributed by atoms with Gasteiger partial charge in [0.1, 0.15) is 24.9 Å². The van der Waals surface area contributed by atoms with Crippen LogP contribution in [0.5, 0.6) is 11.5 Å². The lowest BCUT2D eigenvalue weighted by Gasteiger charge is -2.40. The van der Waals surface area contributed by atoms with E-state index in [1.807, 2.05) is 12.1 Å². The highest BCUT2D eigenvalue weighted by molar-refractivity contribution is 6.32. The Hall–Kier alpha value is -3.19. The molecule has 12 heteroatoms. The predicted octanol–water partition coefficient (Wildman–Crippen LogP) is 1.72. The summed E-state index contributed by atoms with van der Waals surface area (Å²) in [5.41, 5.74) is 1.58. The molecule has 1 aliphatic heterocycles. The van der Waals surface area contributed by atoms with E-state index >= 15 is 0 Å². The Bertz CT molecular complexity index is 1130. The lowest BCUT2D eigenvalue weighted by molar-refractivity contribution is -0.293. The minimum atomic E-state index is -1.57. The normalized spacial score (nSPS) is 23.2. The number of aliphatic hydroxyl groups excluding tert-OH is 3. The van der Waals surface area contributed by atoms with Gasteiger partial charge in [0.15, 0.2) is 23.9 Å². The minimum absolute atomic E-state index is 0.0122. The van der Waals surface area contributed by atoms with Gasteiger partial charge in [0, 0.05) is 13.2 Å². The van der Waals surface area contributed by atoms with Crippen molar-refractivity contribution >= 4 is 29.6 Å². The van der Waals surface area contributed by atoms with Crippen LogP contribution < -0.4 is 9.47 Å². The van der Waals surface area contributed by atoms with Crippen molar-refractivity contribution in [2.75, 3.05) is 27.9 Å². The smallest absolute Gasteiger partial charge is 0.338 e. The lowest BCUT2D eigenvalue weighted by Crippen LogP contribution is -2.60. The Kier molecular flexibility index (Phi) is 10.5. The first-order valence-corrected chi connectivity index (χ1v) is 11.8. The van der Waals surface area contributed by atoms with Crippen LogP contribution in [-0.4, -0.2) is 85.9 Å². The Morgan fingerprint density at radius 3 is 2.39 bits per heavy atom. The Labute approximate surface area is 224 Å². The second-order valence-electron chi connectivity index (χ2n) is 8.19. The van der Waals surface area contributed by atoms with Gasteiger partial charge in [0.25, 0.3) is 0 Å². The summed E-state index contributed by atoms with van der Waals surface area (Å²) in [4.78, 5) is 24.1. The number of rotatable bonds is 10. The van der Waals surface area contributed by atoms with Crippen molar-refractivity contribution in [1.82, 2.24) is 0 Å². The number of carbonyl (C=O) groups excluding carboxylic acids is 2. The molecule has 0 amide bonds. The first-order valence-electron chi connectivity index (χ1n) is 11.4. The number of hydrogen-bond donors (Lipinski definition) is 3. The molecular weight excluding hydrogens is 524 g/mol. The first kappa shape index (κ1) is 29.4. The van der Waals surface area contributed by atoms with E-state index in [2.05, 4.69) is 4.74 Å². The molecule has 3 N–H and O–H groups in total. The highest BCUT2D eigenvalue weighted by Crippen LogP contribution is 2.37. The molecule has 3 rings (SSSR count). The predicted molar refractivity (Wildman–Crippen MR) is 134 cm³/mol. The van der Waals surface area contributed by atoms with Gasteiger partial charge in [-0.15, -0.1) is 0 Å². The third-order valence-corrected chi connectivity index (χ3v) is 6.02. The molecule has 1 saturated heterocycles. The summed E-state index contributed by atoms with van der Waals surface area (Å²) in [5, 5.41) is 29.9. The van der Waals surface area contributed by atoms with Crippen molar-refractivity contribution in [3.05, 3.63) is 64.2 Å². The number of hydrogen-bond acceptors (Lipinski definition) is 11. The fourth-order valence-electron chi connectivity index (χ4n) is 3.65. The second-order valence-corrected chi connectivity index (χ2v) is 8.60. The van der Waals surface area contributed by atoms with Crippen molar-refractivity contribution in [2.45, 2.75) is 37.3 Å². The molecule has 0 aromatic heterocycles. The lowest BCUT2D eigenvalue weighted by atomic mass is 9.99. The fraction of sp³-hybridized carbons (Fsp3) is 0.385. The maximum atomic E-state index is 12.9. The Morgan fingerprint density at radius 1 is 1.08 bits per heavy atom. The van der Waals surface area contributed by atoms with Crippen molar-refractivity contribution in [1.29, 1.82) is 0 Å². The number of benzene rings is 2. The topological polar surface area (TPSA) is 150 Å². The zero-order chi connectivity index (χ0) is 27.8. The Balaban J connectivity index is 1.71. The molecular formula is C26H29ClO11. The molecule has 0 spiro atoms. The molecule has 0 unspecified atom stereocenters. The highest BCUT2D eigenvalue weighted by Gasteiger charge is 2.47. The average molecular weight is 553 g/mol. The quantitative estimate of drug-likeness (QED) is 0.292. The maximum Gasteiger partial charge on any atom is 0.338 e. The van der Waals surface area contributed by atoms with E-state index in [4.69, 9.17) is 35.3 Å². The van der Waals surface area contributed by atoms with E-state index in [0.29, 0.717) is 0 Å². The van der Waals surface area contributed by atoms with Crippen LogP contribution in [0.25, 0.3) is 6.08 Å². The number of carbonyl (C=O) groups is 2. The van der Waals surface area contributed by atoms with Crippen molar-refractivity contribution in [3.8, 4) is 11.5 Å². The van der Waals surface area contributed by atoms with Crippen LogP contribution >= 0.6 is 11.6 Å². The number of methoxy groups -OCH3 is 3. The van der Waals surface area contributed by atoms with Gasteiger partial charge in [0.2, 0.25) is 0 Å². The molecule has 2 aromatic rings. The molecule has 206 valence electrons. The fourth-order valence-corrected chi connectivity index (χ4v) is 3.92. The molecule has 0 saturated carbocycles. The van der Waals surface area contributed by atoms with Crippen LogP contribution in [0, 0.1) is 0 Å². The minimum Gasteiger partial charge on any atom is -0.493 e. The van der Waals surface area contributed by atoms with Gasteiger partial charge >= 0.3 is 11.9 Å². The number of aliphatic hydroxyl groups is 3. The summed E-state index contributed by atoms with van der Waals surface area (Å²) in [6.45, 7) is -0.435. The maximum absolute atomic E-state index is 12.9. The number of halogens is 1. The molecule has 38 heavy (non-hydrogen) atoms. The van der Waals surface area contributed by atoms with Gasteiger partial charge in [-0.3, -0.25) is 0 Å². The van der Waals surface area contributed by atoms with Gasteiger partial charge in [-0.1, -0.05) is 35.9 Å². The molecule has 1 aliphatic rings. The SMILES string of the molecule is COC(=O)/C=C/c1ccc(COc2c(Cl)cc(C(=O)O[C@H]3[C@@H](OC)O[C@H](CO)[C@@H](O)[C@@H]3O)cc2OC)cc1. The van der Waals surface area contributed by atoms with Crippen molar-refractivity contribution in [2.24, 2.45) is 0 Å². The molecule has 2 aromatic carbocycles. The van der Waals surface area contributed by atoms with Crippen molar-refractivity contribution in [3.63, 3.8) is 0 Å². The average Bonchev–Trinajstić information content (AvgIpc) is 2.93. The number of ether oxygens (including phenoxy) is 6. The molecule has 0 radical (unpaired) electrons. The summed E-state index contributed by atoms with van der Waals surface area (Å²) >= 11 is 6.39. The van der Waals surface area contributed by atoms with Gasteiger partial charge in [0.05, 0.1) is 31.4 Å². The summed E-state index contributed by atoms with van der Waals surface area (Å²) in [5.74, 6) is -0.999. The van der Waals surface area contributed by atoms with Crippen LogP contribution in [0.15, 0.2) is 42.5 Å². The molecule has 11 nitrogen and oxygen atoms in total. The van der Waals surface area contributed by atoms with E-state index in [9.17, 15) is 24.9 Å². The third kappa shape index (κ3) is 7.01. The third-order valence-electron chi connectivity index (χ3n) is 5.74. The van der Waals surface area contributed by atoms with E-state index in [1.54, 1.807) is 18.2 Å². The molecule has 1 heterocycles. The van der Waals surface area contributed by atoms with Crippen LogP contribution in [0.4, 0.5) is 0 Å². The summed E-state index contributed by atoms with van der Waals surface area (Å²) < 4.78 is 31.6. The van der Waals surface area contributed by atoms with Gasteiger partial charge in [-0.05, 0) is 29.3 Å². The molecule has 0 bridgehead atoms. The first-order chi connectivity index (χ1) is 18.2. The number of esters is 2. The standard InChI is InChI=1S/C26H29ClO11/c1-33-18-11-16(25(32)38-24-22(31)21(30)19(12-28)37-26(24)35-3)10-17(27)23(18)36-13-15-6-4-14(5-7-15)8-9-20(29)34-2/h4-11,19,21-22,24,26,28,30-31H,12-13H2,1-3H3/b9-8+/t19-,21-,22+,24-,26+/m1/s1. The van der Waals surface area contributed by atoms with Gasteiger partial charge in [-0.2, -0.15) is 0 Å². The molecule has 5 atom stereocenters. The van der Waals surface area contributed by atoms with Crippen LogP contribution in [-0.2, 0) is 30.3 Å². The zero-order valence-corrected chi connectivity index (χ0v) is 21.7. The van der Waals surface area contributed by atoms with E-state index < -0.39 is 49.3 Å². The molecule has 0 aliphatic carbocycles. The van der Waals surface area contributed by atoms with E-state index in [1.165, 1.54) is 39.5 Å². The van der Waals surface area contributed by atoms with Crippen LogP contribution in [0.2, 0.25) is 5.02 Å². The van der Waals surface area contributed by atoms with Gasteiger partial charge < -0.3 is 43.7 Å². The van der Waals surface area contributed by atoms with Crippen LogP contribution in [0.1, 0.15) is 21.5 Å². The summed E-state index contributed by atoms with van der Waals surface area (Å²) in [6.07, 6.45) is -3.86. The van der Waals surface area contributed by atoms with Crippen LogP contribution in [0.3, 0.4) is 0 Å². The summed E-state index contributed by atoms with van der Waals surface area (Å²) in [6, 6.07) is 9.88. The molecule has 1 fully saturated rings. The highest BCUT2D eigenvalue weighted by atomic mass is 35.5.